The molecule has 0 spiro atoms. The van der Waals surface area contributed by atoms with Gasteiger partial charge in [0.25, 0.3) is 5.91 Å². The van der Waals surface area contributed by atoms with Crippen LogP contribution in [-0.2, 0) is 11.2 Å². The number of carboxylic acid groups (broad SMARTS) is 1. The van der Waals surface area contributed by atoms with E-state index in [2.05, 4.69) is 10.3 Å². The molecular formula is C29H30N2O4. The van der Waals surface area contributed by atoms with Gasteiger partial charge in [-0.05, 0) is 65.4 Å². The van der Waals surface area contributed by atoms with E-state index in [9.17, 15) is 14.7 Å². The Morgan fingerprint density at radius 3 is 2.60 bits per heavy atom. The predicted octanol–water partition coefficient (Wildman–Crippen LogP) is 5.71. The first-order valence-corrected chi connectivity index (χ1v) is 12.3. The highest BCUT2D eigenvalue weighted by Gasteiger charge is 2.23. The molecule has 180 valence electrons. The van der Waals surface area contributed by atoms with Crippen molar-refractivity contribution < 1.29 is 19.4 Å². The van der Waals surface area contributed by atoms with Gasteiger partial charge in [0.15, 0.2) is 0 Å². The van der Waals surface area contributed by atoms with E-state index >= 15 is 0 Å². The Morgan fingerprint density at radius 1 is 1.00 bits per heavy atom. The molecule has 4 aromatic rings. The molecule has 35 heavy (non-hydrogen) atoms. The first-order chi connectivity index (χ1) is 17.1. The lowest BCUT2D eigenvalue weighted by molar-refractivity contribution is -0.139. The van der Waals surface area contributed by atoms with Gasteiger partial charge in [0.05, 0.1) is 6.61 Å². The number of aromatic nitrogens is 1. The van der Waals surface area contributed by atoms with E-state index in [1.807, 2.05) is 48.5 Å². The number of nitrogens with one attached hydrogen (secondary N) is 2. The van der Waals surface area contributed by atoms with Gasteiger partial charge in [0.2, 0.25) is 0 Å². The summed E-state index contributed by atoms with van der Waals surface area (Å²) < 4.78 is 6.04. The molecule has 6 nitrogen and oxygen atoms in total. The molecule has 1 fully saturated rings. The topological polar surface area (TPSA) is 91.4 Å². The minimum absolute atomic E-state index is 0.195. The molecule has 0 aliphatic heterocycles. The van der Waals surface area contributed by atoms with E-state index in [4.69, 9.17) is 4.74 Å². The summed E-state index contributed by atoms with van der Waals surface area (Å²) in [5.74, 6) is 0.00263. The second-order valence-corrected chi connectivity index (χ2v) is 9.47. The van der Waals surface area contributed by atoms with Gasteiger partial charge in [-0.15, -0.1) is 0 Å². The van der Waals surface area contributed by atoms with Crippen molar-refractivity contribution >= 4 is 33.6 Å². The van der Waals surface area contributed by atoms with Crippen LogP contribution in [-0.4, -0.2) is 34.6 Å². The molecule has 0 bridgehead atoms. The summed E-state index contributed by atoms with van der Waals surface area (Å²) in [7, 11) is 0. The van der Waals surface area contributed by atoms with Crippen LogP contribution in [0.4, 0.5) is 0 Å². The number of para-hydroxylation sites is 1. The summed E-state index contributed by atoms with van der Waals surface area (Å²) in [6, 6.07) is 18.0. The molecule has 0 saturated heterocycles. The number of amides is 1. The van der Waals surface area contributed by atoms with Gasteiger partial charge in [0.1, 0.15) is 11.8 Å². The Bertz CT molecular complexity index is 1350. The Morgan fingerprint density at radius 2 is 1.77 bits per heavy atom. The molecule has 1 aliphatic rings. The average Bonchev–Trinajstić information content (AvgIpc) is 3.30. The first kappa shape index (κ1) is 23.0. The van der Waals surface area contributed by atoms with Gasteiger partial charge in [-0.1, -0.05) is 49.6 Å². The number of rotatable bonds is 8. The van der Waals surface area contributed by atoms with Crippen LogP contribution in [0.2, 0.25) is 0 Å². The van der Waals surface area contributed by atoms with E-state index in [0.29, 0.717) is 11.5 Å². The van der Waals surface area contributed by atoms with Gasteiger partial charge in [-0.3, -0.25) is 4.79 Å². The average molecular weight is 471 g/mol. The maximum atomic E-state index is 12.9. The smallest absolute Gasteiger partial charge is 0.326 e. The highest BCUT2D eigenvalue weighted by Crippen LogP contribution is 2.27. The maximum Gasteiger partial charge on any atom is 0.326 e. The maximum absolute atomic E-state index is 12.9. The number of ether oxygens (including phenoxy) is 1. The molecule has 1 aliphatic carbocycles. The van der Waals surface area contributed by atoms with Crippen LogP contribution >= 0.6 is 0 Å². The summed E-state index contributed by atoms with van der Waals surface area (Å²) in [5, 5.41) is 15.3. The lowest BCUT2D eigenvalue weighted by Gasteiger charge is -2.21. The number of carbonyl (C=O) groups excluding carboxylic acids is 1. The van der Waals surface area contributed by atoms with E-state index in [-0.39, 0.29) is 6.42 Å². The second kappa shape index (κ2) is 10.2. The third-order valence-corrected chi connectivity index (χ3v) is 6.99. The number of carboxylic acids is 1. The molecule has 1 atom stereocenters. The third-order valence-electron chi connectivity index (χ3n) is 6.99. The quantitative estimate of drug-likeness (QED) is 0.308. The van der Waals surface area contributed by atoms with Crippen LogP contribution in [0.5, 0.6) is 5.75 Å². The zero-order chi connectivity index (χ0) is 24.2. The van der Waals surface area contributed by atoms with Crippen molar-refractivity contribution in [1.29, 1.82) is 0 Å². The van der Waals surface area contributed by atoms with Crippen LogP contribution in [0, 0.1) is 5.92 Å². The van der Waals surface area contributed by atoms with Gasteiger partial charge in [-0.25, -0.2) is 4.79 Å². The number of fused-ring (bicyclic) bond motifs is 2. The van der Waals surface area contributed by atoms with Crippen molar-refractivity contribution in [3.8, 4) is 5.75 Å². The largest absolute Gasteiger partial charge is 0.493 e. The highest BCUT2D eigenvalue weighted by molar-refractivity contribution is 6.00. The summed E-state index contributed by atoms with van der Waals surface area (Å²) in [6.45, 7) is 0.749. The number of carbonyl (C=O) groups is 2. The Balaban J connectivity index is 1.26. The number of H-pyrrole nitrogens is 1. The molecule has 3 aromatic carbocycles. The molecule has 1 heterocycles. The van der Waals surface area contributed by atoms with Gasteiger partial charge in [-0.2, -0.15) is 0 Å². The Hall–Kier alpha value is -3.80. The molecule has 5 rings (SSSR count). The second-order valence-electron chi connectivity index (χ2n) is 9.47. The van der Waals surface area contributed by atoms with Crippen molar-refractivity contribution in [2.24, 2.45) is 5.92 Å². The summed E-state index contributed by atoms with van der Waals surface area (Å²) >= 11 is 0. The van der Waals surface area contributed by atoms with Crippen molar-refractivity contribution in [2.75, 3.05) is 6.61 Å². The van der Waals surface area contributed by atoms with Crippen molar-refractivity contribution in [3.63, 3.8) is 0 Å². The fraction of sp³-hybridized carbons (Fsp3) is 0.310. The monoisotopic (exact) mass is 470 g/mol. The van der Waals surface area contributed by atoms with Crippen LogP contribution in [0.15, 0.2) is 66.9 Å². The highest BCUT2D eigenvalue weighted by atomic mass is 16.5. The number of benzene rings is 3. The molecular weight excluding hydrogens is 440 g/mol. The fourth-order valence-electron chi connectivity index (χ4n) is 4.98. The van der Waals surface area contributed by atoms with Crippen LogP contribution in [0.3, 0.4) is 0 Å². The van der Waals surface area contributed by atoms with Crippen LogP contribution < -0.4 is 10.1 Å². The van der Waals surface area contributed by atoms with Crippen LogP contribution in [0.1, 0.15) is 48.0 Å². The normalized spacial score (nSPS) is 15.2. The van der Waals surface area contributed by atoms with E-state index < -0.39 is 17.9 Å². The van der Waals surface area contributed by atoms with Crippen LogP contribution in [0.25, 0.3) is 21.7 Å². The summed E-state index contributed by atoms with van der Waals surface area (Å²) in [4.78, 5) is 28.0. The van der Waals surface area contributed by atoms with E-state index in [1.54, 1.807) is 18.3 Å². The molecule has 1 amide bonds. The predicted molar refractivity (Wildman–Crippen MR) is 137 cm³/mol. The number of aromatic amines is 1. The van der Waals surface area contributed by atoms with Crippen molar-refractivity contribution in [1.82, 2.24) is 10.3 Å². The Kier molecular flexibility index (Phi) is 6.70. The first-order valence-electron chi connectivity index (χ1n) is 12.3. The number of hydrogen-bond donors (Lipinski definition) is 3. The molecule has 3 N–H and O–H groups in total. The van der Waals surface area contributed by atoms with Crippen molar-refractivity contribution in [2.45, 2.75) is 44.6 Å². The third kappa shape index (κ3) is 5.32. The Labute approximate surface area is 204 Å². The summed E-state index contributed by atoms with van der Waals surface area (Å²) in [6.07, 6.45) is 8.39. The zero-order valence-electron chi connectivity index (χ0n) is 19.6. The summed E-state index contributed by atoms with van der Waals surface area (Å²) in [5.41, 5.74) is 2.22. The lowest BCUT2D eigenvalue weighted by atomic mass is 9.90. The molecule has 1 unspecified atom stereocenters. The van der Waals surface area contributed by atoms with Crippen molar-refractivity contribution in [3.05, 3.63) is 78.0 Å². The van der Waals surface area contributed by atoms with Gasteiger partial charge in [0, 0.05) is 29.1 Å². The van der Waals surface area contributed by atoms with E-state index in [1.165, 1.54) is 32.1 Å². The minimum Gasteiger partial charge on any atom is -0.493 e. The molecule has 0 radical (unpaired) electrons. The van der Waals surface area contributed by atoms with E-state index in [0.717, 1.165) is 39.6 Å². The molecule has 6 heteroatoms. The molecule has 1 saturated carbocycles. The lowest BCUT2D eigenvalue weighted by Crippen LogP contribution is -2.42. The minimum atomic E-state index is -1.07. The molecule has 1 aromatic heterocycles. The number of aliphatic carboxylic acids is 1. The number of hydrogen-bond acceptors (Lipinski definition) is 3. The SMILES string of the molecule is O=C(NC(Cc1c[nH]c2ccccc12)C(=O)O)c1ccc2cc(OCC3CCCCC3)ccc2c1. The van der Waals surface area contributed by atoms with Gasteiger partial charge < -0.3 is 20.1 Å². The van der Waals surface area contributed by atoms with Gasteiger partial charge >= 0.3 is 5.97 Å². The fourth-order valence-corrected chi connectivity index (χ4v) is 4.98. The zero-order valence-corrected chi connectivity index (χ0v) is 19.6. The standard InChI is InChI=1S/C29H30N2O4/c32-28(31-27(29(33)34)16-23-17-30-26-9-5-4-8-25(23)26)22-11-10-21-15-24(13-12-20(21)14-22)35-18-19-6-2-1-3-7-19/h4-5,8-15,17,19,27,30H,1-3,6-7,16,18H2,(H,31,32)(H,33,34).